The molecule has 1 saturated heterocycles. The summed E-state index contributed by atoms with van der Waals surface area (Å²) in [6, 6.07) is 55.9. The molecule has 0 spiro atoms. The number of nitrogens with one attached hydrogen (secondary N) is 1. The highest BCUT2D eigenvalue weighted by atomic mass is 32.1. The number of nitrogens with two attached hydrogens (primary N) is 1. The number of hydrogen-bond donors (Lipinski definition) is 2. The van der Waals surface area contributed by atoms with Crippen LogP contribution in [0.4, 0.5) is 0 Å². The second-order valence-corrected chi connectivity index (χ2v) is 16.7. The van der Waals surface area contributed by atoms with Crippen LogP contribution >= 0.6 is 34.0 Å². The van der Waals surface area contributed by atoms with E-state index in [9.17, 15) is 0 Å². The number of nitrogens with zero attached hydrogens (tertiary/aromatic N) is 1. The first-order valence-electron chi connectivity index (χ1n) is 17.4. The predicted octanol–water partition coefficient (Wildman–Crippen LogP) is 12.4. The Morgan fingerprint density at radius 1 is 0.451 bits per heavy atom. The van der Waals surface area contributed by atoms with Gasteiger partial charge >= 0.3 is 0 Å². The van der Waals surface area contributed by atoms with Gasteiger partial charge in [-0.1, -0.05) is 115 Å². The Balaban J connectivity index is 0.980. The van der Waals surface area contributed by atoms with Gasteiger partial charge in [0.15, 0.2) is 6.17 Å². The zero-order chi connectivity index (χ0) is 33.5. The van der Waals surface area contributed by atoms with Crippen LogP contribution in [0.3, 0.4) is 0 Å². The summed E-state index contributed by atoms with van der Waals surface area (Å²) in [5.41, 5.74) is 6.28. The Morgan fingerprint density at radius 2 is 1.08 bits per heavy atom. The van der Waals surface area contributed by atoms with Crippen LogP contribution in [0, 0.1) is 0 Å². The number of fused-ring (bicyclic) bond motifs is 9. The maximum Gasteiger partial charge on any atom is 0.164 e. The van der Waals surface area contributed by atoms with Gasteiger partial charge in [0.1, 0.15) is 0 Å². The minimum atomic E-state index is -0.116. The maximum absolute atomic E-state index is 5.39. The van der Waals surface area contributed by atoms with E-state index in [-0.39, 0.29) is 18.5 Å². The molecular formula is C45H31N3S3. The second kappa shape index (κ2) is 11.8. The molecular weight excluding hydrogens is 679 g/mol. The topological polar surface area (TPSA) is 42.7 Å². The maximum atomic E-state index is 5.39. The monoisotopic (exact) mass is 709 g/mol. The quantitative estimate of drug-likeness (QED) is 0.188. The van der Waals surface area contributed by atoms with E-state index in [2.05, 4.69) is 162 Å². The molecule has 0 aliphatic carbocycles. The minimum absolute atomic E-state index is 0.0387. The van der Waals surface area contributed by atoms with Crippen LogP contribution in [0.5, 0.6) is 0 Å². The number of quaternary nitrogens is 1. The molecule has 10 aromatic rings. The highest BCUT2D eigenvalue weighted by Gasteiger charge is 2.27. The van der Waals surface area contributed by atoms with E-state index in [1.54, 1.807) is 0 Å². The van der Waals surface area contributed by atoms with Crippen molar-refractivity contribution in [1.29, 1.82) is 0 Å². The van der Waals surface area contributed by atoms with E-state index in [1.165, 1.54) is 88.3 Å². The fourth-order valence-electron chi connectivity index (χ4n) is 7.94. The summed E-state index contributed by atoms with van der Waals surface area (Å²) in [6.07, 6.45) is -0.120. The second-order valence-electron chi connectivity index (χ2n) is 13.4. The van der Waals surface area contributed by atoms with Crippen LogP contribution in [0.15, 0.2) is 152 Å². The molecule has 3 atom stereocenters. The van der Waals surface area contributed by atoms with Gasteiger partial charge in [-0.25, -0.2) is 0 Å². The van der Waals surface area contributed by atoms with Gasteiger partial charge in [-0.2, -0.15) is 0 Å². The van der Waals surface area contributed by atoms with Crippen LogP contribution in [0.1, 0.15) is 35.2 Å². The average molecular weight is 710 g/mol. The Kier molecular flexibility index (Phi) is 6.90. The molecule has 0 amide bonds. The van der Waals surface area contributed by atoms with E-state index < -0.39 is 0 Å². The van der Waals surface area contributed by atoms with Crippen molar-refractivity contribution < 1.29 is 5.32 Å². The van der Waals surface area contributed by atoms with Crippen molar-refractivity contribution in [3.05, 3.63) is 174 Å². The molecule has 1 aliphatic rings. The summed E-state index contributed by atoms with van der Waals surface area (Å²) in [6.45, 7) is 0. The Bertz CT molecular complexity index is 2940. The lowest BCUT2D eigenvalue weighted by atomic mass is 10.00. The van der Waals surface area contributed by atoms with Gasteiger partial charge in [-0.15, -0.1) is 34.0 Å². The number of thiophene rings is 3. The van der Waals surface area contributed by atoms with Crippen LogP contribution in [0.25, 0.3) is 77.0 Å². The SMILES string of the molecule is c1ccc(C2[N-]C(c3ccc4sc5ccccc5c4c3)[NH2+]C(c3ccc4sc5cc(-c6cccc7c6sc6ccccc67)ccc5c4c3)N2)cc1. The normalized spacial score (nSPS) is 18.2. The van der Waals surface area contributed by atoms with Crippen molar-refractivity contribution in [2.24, 2.45) is 0 Å². The first kappa shape index (κ1) is 29.8. The van der Waals surface area contributed by atoms with Crippen LogP contribution in [0.2, 0.25) is 0 Å². The lowest BCUT2D eigenvalue weighted by molar-refractivity contribution is -0.740. The van der Waals surface area contributed by atoms with Crippen molar-refractivity contribution >= 4 is 94.5 Å². The molecule has 1 aliphatic heterocycles. The molecule has 3 aromatic heterocycles. The molecule has 3 N–H and O–H groups in total. The van der Waals surface area contributed by atoms with Gasteiger partial charge in [0.2, 0.25) is 0 Å². The van der Waals surface area contributed by atoms with Crippen molar-refractivity contribution in [3.63, 3.8) is 0 Å². The summed E-state index contributed by atoms with van der Waals surface area (Å²) in [5.74, 6) is 0. The van der Waals surface area contributed by atoms with Gasteiger partial charge in [0.25, 0.3) is 0 Å². The number of rotatable bonds is 4. The van der Waals surface area contributed by atoms with Crippen LogP contribution in [-0.2, 0) is 0 Å². The molecule has 3 unspecified atom stereocenters. The van der Waals surface area contributed by atoms with Crippen molar-refractivity contribution in [3.8, 4) is 11.1 Å². The summed E-state index contributed by atoms with van der Waals surface area (Å²) in [4.78, 5) is 0. The van der Waals surface area contributed by atoms with E-state index in [0.717, 1.165) is 0 Å². The molecule has 4 heterocycles. The summed E-state index contributed by atoms with van der Waals surface area (Å²) >= 11 is 5.65. The molecule has 244 valence electrons. The van der Waals surface area contributed by atoms with Crippen molar-refractivity contribution in [2.75, 3.05) is 0 Å². The molecule has 11 rings (SSSR count). The van der Waals surface area contributed by atoms with Gasteiger partial charge < -0.3 is 10.6 Å². The molecule has 1 fully saturated rings. The van der Waals surface area contributed by atoms with Gasteiger partial charge in [-0.3, -0.25) is 5.32 Å². The van der Waals surface area contributed by atoms with Crippen LogP contribution in [-0.4, -0.2) is 0 Å². The number of hydrogen-bond acceptors (Lipinski definition) is 4. The standard InChI is InChI=1S/C45H30N3S3/c1-2-9-26(10-3-1)43-46-44(28-18-21-39-35(23-28)32-12-5-6-15-37(32)49-39)48-45(47-43)29-19-22-40-36(24-29)33-20-17-27(25-41(33)50-40)30-13-8-14-34-31-11-4-7-16-38(31)51-42(30)34/h1-25,43-45,47-48H/q-1/p+1. The smallest absolute Gasteiger partial charge is 0.164 e. The third kappa shape index (κ3) is 4.94. The Labute approximate surface area is 306 Å². The van der Waals surface area contributed by atoms with E-state index in [1.807, 2.05) is 34.0 Å². The first-order chi connectivity index (χ1) is 25.2. The summed E-state index contributed by atoms with van der Waals surface area (Å²) < 4.78 is 8.00. The molecule has 0 bridgehead atoms. The third-order valence-electron chi connectivity index (χ3n) is 10.4. The zero-order valence-corrected chi connectivity index (χ0v) is 29.9. The summed E-state index contributed by atoms with van der Waals surface area (Å²) in [7, 11) is 0. The average Bonchev–Trinajstić information content (AvgIpc) is 3.88. The highest BCUT2D eigenvalue weighted by Crippen LogP contribution is 2.43. The lowest BCUT2D eigenvalue weighted by Crippen LogP contribution is -2.91. The molecule has 51 heavy (non-hydrogen) atoms. The molecule has 6 heteroatoms. The minimum Gasteiger partial charge on any atom is -0.587 e. The Hall–Kier alpha value is -4.92. The fourth-order valence-corrected chi connectivity index (χ4v) is 11.4. The van der Waals surface area contributed by atoms with E-state index in [4.69, 9.17) is 5.32 Å². The first-order valence-corrected chi connectivity index (χ1v) is 19.8. The number of benzene rings is 7. The van der Waals surface area contributed by atoms with Crippen molar-refractivity contribution in [1.82, 2.24) is 5.32 Å². The predicted molar refractivity (Wildman–Crippen MR) is 220 cm³/mol. The Morgan fingerprint density at radius 3 is 1.90 bits per heavy atom. The van der Waals surface area contributed by atoms with Crippen molar-refractivity contribution in [2.45, 2.75) is 18.5 Å². The molecule has 7 aromatic carbocycles. The van der Waals surface area contributed by atoms with Gasteiger partial charge in [0, 0.05) is 72.2 Å². The molecule has 3 nitrogen and oxygen atoms in total. The lowest BCUT2D eigenvalue weighted by Gasteiger charge is -2.47. The van der Waals surface area contributed by atoms with Crippen LogP contribution < -0.4 is 10.6 Å². The fraction of sp³-hybridized carbons (Fsp3) is 0.0667. The summed E-state index contributed by atoms with van der Waals surface area (Å²) in [5, 5.41) is 19.6. The van der Waals surface area contributed by atoms with Gasteiger partial charge in [-0.05, 0) is 65.3 Å². The van der Waals surface area contributed by atoms with E-state index >= 15 is 0 Å². The molecule has 0 saturated carbocycles. The zero-order valence-electron chi connectivity index (χ0n) is 27.4. The highest BCUT2D eigenvalue weighted by molar-refractivity contribution is 7.27. The third-order valence-corrected chi connectivity index (χ3v) is 14.0. The largest absolute Gasteiger partial charge is 0.587 e. The molecule has 0 radical (unpaired) electrons. The van der Waals surface area contributed by atoms with Gasteiger partial charge in [0.05, 0.1) is 0 Å². The van der Waals surface area contributed by atoms with E-state index in [0.29, 0.717) is 0 Å².